The molecule has 2 N–H and O–H groups in total. The van der Waals surface area contributed by atoms with Crippen LogP contribution < -0.4 is 10.6 Å². The third-order valence-electron chi connectivity index (χ3n) is 5.81. The number of fused-ring (bicyclic) bond motifs is 1. The van der Waals surface area contributed by atoms with Crippen LogP contribution in [0.2, 0.25) is 0 Å². The number of pyridine rings is 1. The summed E-state index contributed by atoms with van der Waals surface area (Å²) in [6.45, 7) is 6.29. The summed E-state index contributed by atoms with van der Waals surface area (Å²) in [5, 5.41) is 5.65. The lowest BCUT2D eigenvalue weighted by Crippen LogP contribution is -2.54. The maximum Gasteiger partial charge on any atom is 0.325 e. The number of rotatable bonds is 4. The van der Waals surface area contributed by atoms with Crippen molar-refractivity contribution in [3.05, 3.63) is 36.3 Å². The van der Waals surface area contributed by atoms with E-state index < -0.39 is 11.6 Å². The minimum Gasteiger partial charge on any atom is -0.349 e. The van der Waals surface area contributed by atoms with E-state index in [2.05, 4.69) is 36.4 Å². The molecule has 4 amide bonds. The largest absolute Gasteiger partial charge is 0.349 e. The van der Waals surface area contributed by atoms with E-state index >= 15 is 0 Å². The fourth-order valence-corrected chi connectivity index (χ4v) is 5.11. The van der Waals surface area contributed by atoms with Gasteiger partial charge in [0, 0.05) is 12.4 Å². The Morgan fingerprint density at radius 2 is 2.10 bits per heavy atom. The minimum atomic E-state index is -0.889. The minimum absolute atomic E-state index is 0.0397. The zero-order valence-corrected chi connectivity index (χ0v) is 17.1. The molecular weight excluding hydrogens is 370 g/mol. The van der Waals surface area contributed by atoms with Crippen molar-refractivity contribution in [2.24, 2.45) is 11.3 Å². The van der Waals surface area contributed by atoms with E-state index in [9.17, 15) is 14.4 Å². The van der Waals surface area contributed by atoms with E-state index in [4.69, 9.17) is 0 Å². The Bertz CT molecular complexity index is 949. The van der Waals surface area contributed by atoms with E-state index in [0.717, 1.165) is 17.0 Å². The molecule has 2 fully saturated rings. The molecule has 2 aliphatic rings. The van der Waals surface area contributed by atoms with Crippen molar-refractivity contribution in [3.63, 3.8) is 0 Å². The molecule has 1 saturated heterocycles. The third kappa shape index (κ3) is 3.71. The van der Waals surface area contributed by atoms with Gasteiger partial charge < -0.3 is 15.0 Å². The predicted molar refractivity (Wildman–Crippen MR) is 107 cm³/mol. The molecule has 0 aromatic carbocycles. The van der Waals surface area contributed by atoms with Crippen LogP contribution in [0, 0.1) is 11.3 Å². The number of imidazole rings is 1. The van der Waals surface area contributed by atoms with E-state index in [1.165, 1.54) is 0 Å². The first kappa shape index (κ1) is 19.4. The molecule has 4 rings (SSSR count). The van der Waals surface area contributed by atoms with Gasteiger partial charge in [0.1, 0.15) is 17.7 Å². The molecule has 1 spiro atoms. The Morgan fingerprint density at radius 1 is 1.31 bits per heavy atom. The monoisotopic (exact) mass is 397 g/mol. The van der Waals surface area contributed by atoms with Crippen LogP contribution in [-0.2, 0) is 16.1 Å². The maximum atomic E-state index is 13.1. The quantitative estimate of drug-likeness (QED) is 0.772. The molecule has 154 valence electrons. The van der Waals surface area contributed by atoms with Crippen molar-refractivity contribution < 1.29 is 14.4 Å². The van der Waals surface area contributed by atoms with Gasteiger partial charge in [0.05, 0.1) is 12.2 Å². The van der Waals surface area contributed by atoms with Crippen LogP contribution in [0.3, 0.4) is 0 Å². The van der Waals surface area contributed by atoms with Gasteiger partial charge >= 0.3 is 6.03 Å². The molecule has 8 nitrogen and oxygen atoms in total. The summed E-state index contributed by atoms with van der Waals surface area (Å²) < 4.78 is 1.87. The van der Waals surface area contributed by atoms with Gasteiger partial charge in [-0.15, -0.1) is 0 Å². The number of urea groups is 1. The first-order valence-corrected chi connectivity index (χ1v) is 10.0. The fraction of sp³-hybridized carbons (Fsp3) is 0.524. The first-order chi connectivity index (χ1) is 13.7. The molecule has 0 unspecified atom stereocenters. The number of carbonyl (C=O) groups excluding carboxylic acids is 3. The van der Waals surface area contributed by atoms with Crippen molar-refractivity contribution in [3.8, 4) is 0 Å². The van der Waals surface area contributed by atoms with Gasteiger partial charge in [0.25, 0.3) is 5.91 Å². The molecule has 0 radical (unpaired) electrons. The Balaban J connectivity index is 1.40. The Hall–Kier alpha value is -2.90. The van der Waals surface area contributed by atoms with Crippen LogP contribution in [0.1, 0.15) is 45.7 Å². The van der Waals surface area contributed by atoms with Crippen molar-refractivity contribution in [1.29, 1.82) is 0 Å². The van der Waals surface area contributed by atoms with E-state index in [-0.39, 0.29) is 30.3 Å². The molecule has 2 aromatic rings. The molecule has 3 heterocycles. The summed E-state index contributed by atoms with van der Waals surface area (Å²) in [6, 6.07) is 5.19. The average molecular weight is 397 g/mol. The highest BCUT2D eigenvalue weighted by Crippen LogP contribution is 2.46. The summed E-state index contributed by atoms with van der Waals surface area (Å²) in [6.07, 6.45) is 5.93. The van der Waals surface area contributed by atoms with Gasteiger partial charge in [-0.25, -0.2) is 9.78 Å². The lowest BCUT2D eigenvalue weighted by Gasteiger charge is -2.43. The highest BCUT2D eigenvalue weighted by Gasteiger charge is 2.56. The van der Waals surface area contributed by atoms with Gasteiger partial charge in [-0.2, -0.15) is 0 Å². The summed E-state index contributed by atoms with van der Waals surface area (Å²) >= 11 is 0. The van der Waals surface area contributed by atoms with Gasteiger partial charge in [-0.1, -0.05) is 26.8 Å². The smallest absolute Gasteiger partial charge is 0.325 e. The predicted octanol–water partition coefficient (Wildman–Crippen LogP) is 2.09. The highest BCUT2D eigenvalue weighted by molar-refractivity contribution is 6.09. The second kappa shape index (κ2) is 6.86. The Kier molecular flexibility index (Phi) is 4.59. The van der Waals surface area contributed by atoms with Crippen LogP contribution in [0.5, 0.6) is 0 Å². The first-order valence-electron chi connectivity index (χ1n) is 10.0. The Morgan fingerprint density at radius 3 is 2.83 bits per heavy atom. The number of hydrogen-bond donors (Lipinski definition) is 2. The number of aromatic nitrogens is 2. The summed E-state index contributed by atoms with van der Waals surface area (Å²) in [7, 11) is 0. The lowest BCUT2D eigenvalue weighted by atomic mass is 9.64. The van der Waals surface area contributed by atoms with E-state index in [1.54, 1.807) is 0 Å². The van der Waals surface area contributed by atoms with E-state index in [1.807, 2.05) is 35.0 Å². The number of carbonyl (C=O) groups is 3. The summed E-state index contributed by atoms with van der Waals surface area (Å²) in [4.78, 5) is 43.5. The van der Waals surface area contributed by atoms with Crippen molar-refractivity contribution in [2.45, 2.75) is 52.1 Å². The number of hydrogen-bond acceptors (Lipinski definition) is 4. The molecule has 2 atom stereocenters. The zero-order valence-electron chi connectivity index (χ0n) is 17.1. The molecule has 1 aliphatic carbocycles. The molecule has 1 aliphatic heterocycles. The number of amides is 4. The summed E-state index contributed by atoms with van der Waals surface area (Å²) in [5.41, 5.74) is 0.574. The van der Waals surface area contributed by atoms with Gasteiger partial charge in [-0.05, 0) is 42.7 Å². The number of nitrogens with zero attached hydrogens (tertiary/aromatic N) is 3. The third-order valence-corrected chi connectivity index (χ3v) is 5.81. The van der Waals surface area contributed by atoms with Crippen LogP contribution >= 0.6 is 0 Å². The maximum absolute atomic E-state index is 13.1. The normalized spacial score (nSPS) is 26.2. The fourth-order valence-electron chi connectivity index (χ4n) is 5.11. The van der Waals surface area contributed by atoms with Crippen molar-refractivity contribution in [1.82, 2.24) is 24.9 Å². The van der Waals surface area contributed by atoms with Crippen molar-refractivity contribution >= 4 is 23.5 Å². The molecule has 0 bridgehead atoms. The number of nitrogens with one attached hydrogen (secondary N) is 2. The van der Waals surface area contributed by atoms with Gasteiger partial charge in [0.15, 0.2) is 0 Å². The number of imide groups is 1. The van der Waals surface area contributed by atoms with Crippen molar-refractivity contribution in [2.75, 3.05) is 6.54 Å². The van der Waals surface area contributed by atoms with Crippen LogP contribution in [0.15, 0.2) is 30.6 Å². The topological polar surface area (TPSA) is 95.8 Å². The zero-order chi connectivity index (χ0) is 20.8. The van der Waals surface area contributed by atoms with Crippen LogP contribution in [0.4, 0.5) is 4.79 Å². The average Bonchev–Trinajstić information content (AvgIpc) is 3.12. The second-order valence-corrected chi connectivity index (χ2v) is 9.23. The molecule has 29 heavy (non-hydrogen) atoms. The van der Waals surface area contributed by atoms with Gasteiger partial charge in [-0.3, -0.25) is 14.5 Å². The standard InChI is InChI=1S/C21H27N5O3/c1-14-8-20(2,3)13-21(9-14)18(28)26(19(29)24-21)12-17(27)22-10-15-11-25-7-5-4-6-16(25)23-15/h4-7,11,14H,8-10,12-13H2,1-3H3,(H,22,27)(H,24,29)/t14-,21-/m1/s1. The molecule has 8 heteroatoms. The van der Waals surface area contributed by atoms with Crippen LogP contribution in [0.25, 0.3) is 5.65 Å². The molecule has 2 aromatic heterocycles. The van der Waals surface area contributed by atoms with E-state index in [0.29, 0.717) is 24.5 Å². The highest BCUT2D eigenvalue weighted by atomic mass is 16.2. The lowest BCUT2D eigenvalue weighted by molar-refractivity contribution is -0.137. The summed E-state index contributed by atoms with van der Waals surface area (Å²) in [5.74, 6) is -0.345. The van der Waals surface area contributed by atoms with Crippen LogP contribution in [-0.4, -0.2) is 44.2 Å². The SMILES string of the molecule is C[C@@H]1CC(C)(C)C[C@@]2(C1)NC(=O)N(CC(=O)NCc1cn3ccccc3n1)C2=O. The molecular formula is C21H27N5O3. The van der Waals surface area contributed by atoms with Gasteiger partial charge in [0.2, 0.25) is 5.91 Å². The Labute approximate surface area is 169 Å². The second-order valence-electron chi connectivity index (χ2n) is 9.23. The molecule has 1 saturated carbocycles.